The van der Waals surface area contributed by atoms with Gasteiger partial charge in [0.2, 0.25) is 0 Å². The molecule has 0 aliphatic rings. The summed E-state index contributed by atoms with van der Waals surface area (Å²) in [6.45, 7) is 0. The summed E-state index contributed by atoms with van der Waals surface area (Å²) in [6, 6.07) is 9.85. The molecule has 0 aliphatic heterocycles. The molecule has 0 fully saturated rings. The summed E-state index contributed by atoms with van der Waals surface area (Å²) in [6.07, 6.45) is -0.164. The zero-order valence-corrected chi connectivity index (χ0v) is 14.6. The van der Waals surface area contributed by atoms with Crippen LogP contribution in [0.4, 0.5) is 5.69 Å². The first-order valence-electron chi connectivity index (χ1n) is 7.14. The average Bonchev–Trinajstić information content (AvgIpc) is 2.61. The van der Waals surface area contributed by atoms with Crippen LogP contribution in [0, 0.1) is 10.1 Å². The van der Waals surface area contributed by atoms with Crippen molar-refractivity contribution in [2.75, 3.05) is 7.11 Å². The Balaban J connectivity index is 2.28. The van der Waals surface area contributed by atoms with E-state index in [9.17, 15) is 19.7 Å². The Labute approximate surface area is 153 Å². The number of ketones is 1. The van der Waals surface area contributed by atoms with E-state index in [1.807, 2.05) is 0 Å². The third-order valence-corrected chi connectivity index (χ3v) is 4.36. The first kappa shape index (κ1) is 18.9. The van der Waals surface area contributed by atoms with E-state index in [1.54, 1.807) is 0 Å². The van der Waals surface area contributed by atoms with E-state index in [-0.39, 0.29) is 22.9 Å². The fraction of sp³-hybridized carbons (Fsp3) is 0.176. The molecule has 25 heavy (non-hydrogen) atoms. The molecule has 1 unspecified atom stereocenters. The van der Waals surface area contributed by atoms with Crippen LogP contribution in [0.15, 0.2) is 42.5 Å². The molecule has 0 heterocycles. The molecule has 0 saturated heterocycles. The van der Waals surface area contributed by atoms with E-state index in [0.29, 0.717) is 16.1 Å². The molecule has 8 heteroatoms. The van der Waals surface area contributed by atoms with Crippen molar-refractivity contribution in [3.8, 4) is 0 Å². The van der Waals surface area contributed by atoms with Crippen molar-refractivity contribution in [3.05, 3.63) is 73.8 Å². The molecule has 2 rings (SSSR count). The molecule has 0 bridgehead atoms. The van der Waals surface area contributed by atoms with Crippen LogP contribution in [0.25, 0.3) is 0 Å². The molecule has 0 amide bonds. The summed E-state index contributed by atoms with van der Waals surface area (Å²) in [4.78, 5) is 34.7. The number of nitro benzene ring substituents is 1. The van der Waals surface area contributed by atoms with Gasteiger partial charge in [0.1, 0.15) is 0 Å². The van der Waals surface area contributed by atoms with Crippen molar-refractivity contribution in [2.24, 2.45) is 0 Å². The highest BCUT2D eigenvalue weighted by Gasteiger charge is 2.26. The maximum absolute atomic E-state index is 12.5. The van der Waals surface area contributed by atoms with Gasteiger partial charge in [-0.1, -0.05) is 35.3 Å². The van der Waals surface area contributed by atoms with E-state index >= 15 is 0 Å². The fourth-order valence-electron chi connectivity index (χ4n) is 2.28. The number of ether oxygens (including phenoxy) is 1. The number of Topliss-reactive ketones (excluding diaryl/α,β-unsaturated/α-hetero) is 1. The quantitative estimate of drug-likeness (QED) is 0.319. The molecule has 6 nitrogen and oxygen atoms in total. The van der Waals surface area contributed by atoms with Crippen LogP contribution in [0.1, 0.15) is 28.3 Å². The van der Waals surface area contributed by atoms with Crippen molar-refractivity contribution < 1.29 is 19.2 Å². The van der Waals surface area contributed by atoms with Gasteiger partial charge in [-0.25, -0.2) is 0 Å². The number of hydrogen-bond donors (Lipinski definition) is 0. The molecule has 2 aromatic rings. The number of esters is 1. The summed E-state index contributed by atoms with van der Waals surface area (Å²) in [5.41, 5.74) is 0.652. The Morgan fingerprint density at radius 1 is 1.12 bits per heavy atom. The Hall–Kier alpha value is -2.44. The predicted octanol–water partition coefficient (Wildman–Crippen LogP) is 4.43. The third kappa shape index (κ3) is 4.55. The number of carbonyl (C=O) groups is 2. The molecule has 0 aliphatic carbocycles. The molecule has 0 aromatic heterocycles. The number of methoxy groups -OCH3 is 1. The van der Waals surface area contributed by atoms with Gasteiger partial charge in [-0.3, -0.25) is 19.7 Å². The zero-order chi connectivity index (χ0) is 18.6. The first-order chi connectivity index (χ1) is 11.8. The minimum absolute atomic E-state index is 0.108. The second-order valence-corrected chi connectivity index (χ2v) is 5.99. The van der Waals surface area contributed by atoms with E-state index in [2.05, 4.69) is 0 Å². The van der Waals surface area contributed by atoms with Crippen LogP contribution >= 0.6 is 23.2 Å². The summed E-state index contributed by atoms with van der Waals surface area (Å²) in [5.74, 6) is -1.82. The Bertz CT molecular complexity index is 820. The molecule has 130 valence electrons. The number of non-ortho nitro benzene ring substituents is 1. The van der Waals surface area contributed by atoms with E-state index in [0.717, 1.165) is 0 Å². The molecular formula is C17H13Cl2NO5. The maximum atomic E-state index is 12.5. The third-order valence-electron chi connectivity index (χ3n) is 3.62. The highest BCUT2D eigenvalue weighted by molar-refractivity contribution is 6.42. The van der Waals surface area contributed by atoms with Gasteiger partial charge in [-0.05, 0) is 23.8 Å². The van der Waals surface area contributed by atoms with Crippen LogP contribution in [0.2, 0.25) is 10.0 Å². The van der Waals surface area contributed by atoms with Gasteiger partial charge in [0.25, 0.3) is 5.69 Å². The summed E-state index contributed by atoms with van der Waals surface area (Å²) >= 11 is 11.7. The number of carbonyl (C=O) groups excluding carboxylic acids is 2. The van der Waals surface area contributed by atoms with Gasteiger partial charge in [0.15, 0.2) is 5.78 Å². The zero-order valence-electron chi connectivity index (χ0n) is 13.1. The Morgan fingerprint density at radius 3 is 2.28 bits per heavy atom. The normalized spacial score (nSPS) is 11.6. The SMILES string of the molecule is COC(=O)C(CC(=O)c1ccc(Cl)c(Cl)c1)c1ccc([N+](=O)[O-])cc1. The van der Waals surface area contributed by atoms with Crippen LogP contribution in [0.3, 0.4) is 0 Å². The maximum Gasteiger partial charge on any atom is 0.313 e. The van der Waals surface area contributed by atoms with Crippen molar-refractivity contribution >= 4 is 40.6 Å². The number of halogens is 2. The number of benzene rings is 2. The van der Waals surface area contributed by atoms with Crippen molar-refractivity contribution in [2.45, 2.75) is 12.3 Å². The van der Waals surface area contributed by atoms with Crippen LogP contribution < -0.4 is 0 Å². The van der Waals surface area contributed by atoms with Gasteiger partial charge >= 0.3 is 5.97 Å². The second-order valence-electron chi connectivity index (χ2n) is 5.18. The summed E-state index contributed by atoms with van der Waals surface area (Å²) in [7, 11) is 1.21. The molecule has 0 spiro atoms. The van der Waals surface area contributed by atoms with E-state index in [1.165, 1.54) is 49.6 Å². The van der Waals surface area contributed by atoms with Gasteiger partial charge in [-0.15, -0.1) is 0 Å². The monoisotopic (exact) mass is 381 g/mol. The molecule has 1 atom stereocenters. The van der Waals surface area contributed by atoms with Gasteiger partial charge in [-0.2, -0.15) is 0 Å². The fourth-order valence-corrected chi connectivity index (χ4v) is 2.58. The number of rotatable bonds is 6. The highest BCUT2D eigenvalue weighted by atomic mass is 35.5. The minimum atomic E-state index is -0.882. The molecule has 2 aromatic carbocycles. The van der Waals surface area contributed by atoms with Crippen LogP contribution in [-0.4, -0.2) is 23.8 Å². The molecule has 0 saturated carbocycles. The lowest BCUT2D eigenvalue weighted by Gasteiger charge is -2.14. The van der Waals surface area contributed by atoms with Crippen molar-refractivity contribution in [1.29, 1.82) is 0 Å². The minimum Gasteiger partial charge on any atom is -0.469 e. The highest BCUT2D eigenvalue weighted by Crippen LogP contribution is 2.28. The van der Waals surface area contributed by atoms with E-state index in [4.69, 9.17) is 27.9 Å². The largest absolute Gasteiger partial charge is 0.469 e. The van der Waals surface area contributed by atoms with Crippen LogP contribution in [0.5, 0.6) is 0 Å². The average molecular weight is 382 g/mol. The van der Waals surface area contributed by atoms with Crippen molar-refractivity contribution in [1.82, 2.24) is 0 Å². The van der Waals surface area contributed by atoms with Crippen molar-refractivity contribution in [3.63, 3.8) is 0 Å². The summed E-state index contributed by atoms with van der Waals surface area (Å²) in [5, 5.41) is 11.3. The standard InChI is InChI=1S/C17H13Cl2NO5/c1-25-17(22)13(10-2-5-12(6-3-10)20(23)24)9-16(21)11-4-7-14(18)15(19)8-11/h2-8,13H,9H2,1H3. The van der Waals surface area contributed by atoms with Gasteiger partial charge in [0.05, 0.1) is 28.0 Å². The molecule has 0 radical (unpaired) electrons. The molecular weight excluding hydrogens is 369 g/mol. The Morgan fingerprint density at radius 2 is 1.76 bits per heavy atom. The lowest BCUT2D eigenvalue weighted by Crippen LogP contribution is -2.18. The lowest BCUT2D eigenvalue weighted by atomic mass is 9.91. The Kier molecular flexibility index (Phi) is 6.12. The number of nitro groups is 1. The summed E-state index contributed by atoms with van der Waals surface area (Å²) < 4.78 is 4.75. The smallest absolute Gasteiger partial charge is 0.313 e. The first-order valence-corrected chi connectivity index (χ1v) is 7.89. The number of nitrogens with zero attached hydrogens (tertiary/aromatic N) is 1. The molecule has 0 N–H and O–H groups in total. The van der Waals surface area contributed by atoms with Crippen LogP contribution in [-0.2, 0) is 9.53 Å². The second kappa shape index (κ2) is 8.09. The number of hydrogen-bond acceptors (Lipinski definition) is 5. The van der Waals surface area contributed by atoms with Gasteiger partial charge in [0, 0.05) is 24.1 Å². The topological polar surface area (TPSA) is 86.5 Å². The van der Waals surface area contributed by atoms with Gasteiger partial charge < -0.3 is 4.74 Å². The lowest BCUT2D eigenvalue weighted by molar-refractivity contribution is -0.384. The predicted molar refractivity (Wildman–Crippen MR) is 93.3 cm³/mol. The van der Waals surface area contributed by atoms with E-state index < -0.39 is 16.8 Å².